The lowest BCUT2D eigenvalue weighted by Crippen LogP contribution is -2.24. The number of aromatic nitrogens is 1. The van der Waals surface area contributed by atoms with Crippen LogP contribution in [0.1, 0.15) is 58.5 Å². The van der Waals surface area contributed by atoms with Crippen LogP contribution in [0.5, 0.6) is 0 Å². The van der Waals surface area contributed by atoms with Gasteiger partial charge in [-0.3, -0.25) is 14.6 Å². The molecule has 1 heterocycles. The number of pyridine rings is 1. The lowest BCUT2D eigenvalue weighted by Gasteiger charge is -2.13. The van der Waals surface area contributed by atoms with Crippen molar-refractivity contribution in [1.29, 1.82) is 0 Å². The minimum atomic E-state index is -0.0473. The maximum Gasteiger partial charge on any atom is 0.251 e. The Labute approximate surface area is 194 Å². The second-order valence-corrected chi connectivity index (χ2v) is 8.29. The standard InChI is InChI=1S/C29H28N2O2/c1-3-4-16-30-29(33)23-12-10-22(11-13-23)24-14-15-28-26(18-24)25(27(19-31-28)20(2)32)17-21-8-6-5-7-9-21/h5-15,18-19H,3-4,16-17H2,1-2H3,(H,30,33). The van der Waals surface area contributed by atoms with Crippen molar-refractivity contribution in [3.8, 4) is 11.1 Å². The molecule has 0 radical (unpaired) electrons. The molecule has 4 heteroatoms. The first-order valence-electron chi connectivity index (χ1n) is 11.4. The van der Waals surface area contributed by atoms with Gasteiger partial charge in [-0.2, -0.15) is 0 Å². The van der Waals surface area contributed by atoms with Crippen LogP contribution in [0.4, 0.5) is 0 Å². The predicted molar refractivity (Wildman–Crippen MR) is 134 cm³/mol. The van der Waals surface area contributed by atoms with Crippen LogP contribution >= 0.6 is 0 Å². The number of carbonyl (C=O) groups excluding carboxylic acids is 2. The Morgan fingerprint density at radius 2 is 1.64 bits per heavy atom. The van der Waals surface area contributed by atoms with Gasteiger partial charge in [-0.25, -0.2) is 0 Å². The number of Topliss-reactive ketones (excluding diaryl/α,β-unsaturated/α-hetero) is 1. The molecule has 166 valence electrons. The van der Waals surface area contributed by atoms with Crippen molar-refractivity contribution in [2.45, 2.75) is 33.1 Å². The van der Waals surface area contributed by atoms with Crippen LogP contribution in [0.15, 0.2) is 79.0 Å². The van der Waals surface area contributed by atoms with Gasteiger partial charge in [0.05, 0.1) is 5.52 Å². The van der Waals surface area contributed by atoms with Gasteiger partial charge >= 0.3 is 0 Å². The number of unbranched alkanes of at least 4 members (excludes halogenated alkanes) is 1. The third-order valence-corrected chi connectivity index (χ3v) is 5.88. The van der Waals surface area contributed by atoms with Gasteiger partial charge in [-0.15, -0.1) is 0 Å². The molecule has 0 unspecified atom stereocenters. The van der Waals surface area contributed by atoms with Gasteiger partial charge in [0.2, 0.25) is 0 Å². The van der Waals surface area contributed by atoms with Crippen molar-refractivity contribution in [1.82, 2.24) is 10.3 Å². The van der Waals surface area contributed by atoms with Crippen LogP contribution in [-0.4, -0.2) is 23.2 Å². The summed E-state index contributed by atoms with van der Waals surface area (Å²) in [5.41, 5.74) is 6.35. The van der Waals surface area contributed by atoms with Crippen LogP contribution in [0, 0.1) is 0 Å². The van der Waals surface area contributed by atoms with Gasteiger partial charge < -0.3 is 5.32 Å². The van der Waals surface area contributed by atoms with E-state index in [0.29, 0.717) is 24.1 Å². The molecule has 0 aliphatic carbocycles. The summed E-state index contributed by atoms with van der Waals surface area (Å²) in [7, 11) is 0. The van der Waals surface area contributed by atoms with Crippen molar-refractivity contribution in [2.75, 3.05) is 6.54 Å². The Kier molecular flexibility index (Phi) is 6.94. The average Bonchev–Trinajstić information content (AvgIpc) is 2.84. The van der Waals surface area contributed by atoms with E-state index >= 15 is 0 Å². The van der Waals surface area contributed by atoms with E-state index < -0.39 is 0 Å². The summed E-state index contributed by atoms with van der Waals surface area (Å²) in [6.45, 7) is 4.38. The molecule has 0 aliphatic rings. The van der Waals surface area contributed by atoms with Crippen molar-refractivity contribution >= 4 is 22.6 Å². The first kappa shape index (κ1) is 22.4. The molecule has 0 atom stereocenters. The number of nitrogens with zero attached hydrogens (tertiary/aromatic N) is 1. The van der Waals surface area contributed by atoms with Gasteiger partial charge in [0, 0.05) is 29.3 Å². The third-order valence-electron chi connectivity index (χ3n) is 5.88. The number of fused-ring (bicyclic) bond motifs is 1. The molecule has 0 fully saturated rings. The SMILES string of the molecule is CCCCNC(=O)c1ccc(-c2ccc3ncc(C(C)=O)c(Cc4ccccc4)c3c2)cc1. The van der Waals surface area contributed by atoms with Gasteiger partial charge in [-0.05, 0) is 66.3 Å². The molecule has 0 bridgehead atoms. The van der Waals surface area contributed by atoms with Crippen molar-refractivity contribution < 1.29 is 9.59 Å². The number of carbonyl (C=O) groups is 2. The third kappa shape index (κ3) is 5.17. The lowest BCUT2D eigenvalue weighted by molar-refractivity contribution is 0.0952. The highest BCUT2D eigenvalue weighted by Crippen LogP contribution is 2.29. The van der Waals surface area contributed by atoms with E-state index in [1.807, 2.05) is 54.6 Å². The maximum atomic E-state index is 12.4. The summed E-state index contributed by atoms with van der Waals surface area (Å²) in [4.78, 5) is 29.2. The van der Waals surface area contributed by atoms with Gasteiger partial charge in [0.1, 0.15) is 0 Å². The largest absolute Gasteiger partial charge is 0.352 e. The summed E-state index contributed by atoms with van der Waals surface area (Å²) in [6.07, 6.45) is 4.37. The quantitative estimate of drug-likeness (QED) is 0.263. The molecule has 33 heavy (non-hydrogen) atoms. The van der Waals surface area contributed by atoms with Gasteiger partial charge in [0.25, 0.3) is 5.91 Å². The average molecular weight is 437 g/mol. The van der Waals surface area contributed by atoms with E-state index in [9.17, 15) is 9.59 Å². The molecule has 4 aromatic rings. The molecular formula is C29H28N2O2. The molecule has 1 N–H and O–H groups in total. The lowest BCUT2D eigenvalue weighted by atomic mass is 9.93. The van der Waals surface area contributed by atoms with Crippen LogP contribution in [0.2, 0.25) is 0 Å². The zero-order valence-electron chi connectivity index (χ0n) is 19.1. The molecular weight excluding hydrogens is 408 g/mol. The summed E-state index contributed by atoms with van der Waals surface area (Å²) in [5.74, 6) is -0.0341. The molecule has 0 saturated heterocycles. The fourth-order valence-corrected chi connectivity index (χ4v) is 4.02. The van der Waals surface area contributed by atoms with Crippen LogP contribution in [0.25, 0.3) is 22.0 Å². The summed E-state index contributed by atoms with van der Waals surface area (Å²) in [6, 6.07) is 23.9. The van der Waals surface area contributed by atoms with E-state index in [1.165, 1.54) is 0 Å². The Morgan fingerprint density at radius 1 is 0.909 bits per heavy atom. The molecule has 1 amide bonds. The van der Waals surface area contributed by atoms with Crippen molar-refractivity contribution in [2.24, 2.45) is 0 Å². The second kappa shape index (κ2) is 10.2. The van der Waals surface area contributed by atoms with E-state index in [-0.39, 0.29) is 11.7 Å². The highest BCUT2D eigenvalue weighted by atomic mass is 16.1. The number of rotatable bonds is 8. The van der Waals surface area contributed by atoms with Crippen LogP contribution < -0.4 is 5.32 Å². The number of amides is 1. The minimum absolute atomic E-state index is 0.0131. The molecule has 0 saturated carbocycles. The van der Waals surface area contributed by atoms with E-state index in [1.54, 1.807) is 13.1 Å². The zero-order chi connectivity index (χ0) is 23.2. The number of hydrogen-bond acceptors (Lipinski definition) is 3. The Hall–Kier alpha value is -3.79. The van der Waals surface area contributed by atoms with E-state index in [4.69, 9.17) is 0 Å². The molecule has 0 spiro atoms. The van der Waals surface area contributed by atoms with Crippen molar-refractivity contribution in [3.05, 3.63) is 101 Å². The second-order valence-electron chi connectivity index (χ2n) is 8.29. The molecule has 1 aromatic heterocycles. The Bertz CT molecular complexity index is 1280. The van der Waals surface area contributed by atoms with E-state index in [2.05, 4.69) is 35.4 Å². The number of nitrogens with one attached hydrogen (secondary N) is 1. The van der Waals surface area contributed by atoms with Crippen LogP contribution in [-0.2, 0) is 6.42 Å². The summed E-state index contributed by atoms with van der Waals surface area (Å²) < 4.78 is 0. The minimum Gasteiger partial charge on any atom is -0.352 e. The molecule has 4 nitrogen and oxygen atoms in total. The van der Waals surface area contributed by atoms with Gasteiger partial charge in [0.15, 0.2) is 5.78 Å². The number of ketones is 1. The highest BCUT2D eigenvalue weighted by Gasteiger charge is 2.14. The number of benzene rings is 3. The molecule has 3 aromatic carbocycles. The zero-order valence-corrected chi connectivity index (χ0v) is 19.1. The van der Waals surface area contributed by atoms with Crippen molar-refractivity contribution in [3.63, 3.8) is 0 Å². The normalized spacial score (nSPS) is 10.8. The van der Waals surface area contributed by atoms with Gasteiger partial charge in [-0.1, -0.05) is 61.9 Å². The summed E-state index contributed by atoms with van der Waals surface area (Å²) in [5, 5.41) is 3.93. The van der Waals surface area contributed by atoms with E-state index in [0.717, 1.165) is 46.0 Å². The highest BCUT2D eigenvalue weighted by molar-refractivity contribution is 6.01. The first-order chi connectivity index (χ1) is 16.1. The Morgan fingerprint density at radius 3 is 2.33 bits per heavy atom. The monoisotopic (exact) mass is 436 g/mol. The molecule has 0 aliphatic heterocycles. The Balaban J connectivity index is 1.70. The summed E-state index contributed by atoms with van der Waals surface area (Å²) >= 11 is 0. The predicted octanol–water partition coefficient (Wildman–Crippen LogP) is 6.23. The molecule has 4 rings (SSSR count). The first-order valence-corrected chi connectivity index (χ1v) is 11.4. The smallest absolute Gasteiger partial charge is 0.251 e. The number of hydrogen-bond donors (Lipinski definition) is 1. The fourth-order valence-electron chi connectivity index (χ4n) is 4.02. The topological polar surface area (TPSA) is 59.1 Å². The fraction of sp³-hybridized carbons (Fsp3) is 0.207. The maximum absolute atomic E-state index is 12.4. The van der Waals surface area contributed by atoms with Crippen LogP contribution in [0.3, 0.4) is 0 Å².